The summed E-state index contributed by atoms with van der Waals surface area (Å²) in [6.45, 7) is 14.5. The van der Waals surface area contributed by atoms with Gasteiger partial charge in [0.1, 0.15) is 5.75 Å². The number of rotatable bonds is 7. The third kappa shape index (κ3) is 6.49. The third-order valence-corrected chi connectivity index (χ3v) is 3.39. The summed E-state index contributed by atoms with van der Waals surface area (Å²) in [7, 11) is 1.72. The molecule has 0 aliphatic carbocycles. The Kier molecular flexibility index (Phi) is 6.69. The highest BCUT2D eigenvalue weighted by molar-refractivity contribution is 5.43. The van der Waals surface area contributed by atoms with Crippen LogP contribution in [0.4, 0.5) is 0 Å². The zero-order valence-corrected chi connectivity index (χ0v) is 14.7. The van der Waals surface area contributed by atoms with Gasteiger partial charge in [-0.2, -0.15) is 0 Å². The van der Waals surface area contributed by atoms with Crippen molar-refractivity contribution in [2.24, 2.45) is 0 Å². The second-order valence-electron chi connectivity index (χ2n) is 6.87. The minimum absolute atomic E-state index is 0.131. The second kappa shape index (κ2) is 7.81. The molecule has 1 unspecified atom stereocenters. The number of ether oxygens (including phenoxy) is 2. The van der Waals surface area contributed by atoms with Gasteiger partial charge in [0.2, 0.25) is 0 Å². The number of nitrogens with one attached hydrogen (secondary N) is 1. The van der Waals surface area contributed by atoms with E-state index in [9.17, 15) is 0 Å². The highest BCUT2D eigenvalue weighted by atomic mass is 16.5. The number of hydrogen-bond donors (Lipinski definition) is 1. The van der Waals surface area contributed by atoms with Crippen molar-refractivity contribution in [3.05, 3.63) is 28.8 Å². The minimum Gasteiger partial charge on any atom is -0.490 e. The van der Waals surface area contributed by atoms with E-state index in [4.69, 9.17) is 9.47 Å². The topological polar surface area (TPSA) is 30.5 Å². The number of methoxy groups -OCH3 is 1. The molecule has 0 saturated carbocycles. The molecule has 3 nitrogen and oxygen atoms in total. The first kappa shape index (κ1) is 18.0. The summed E-state index contributed by atoms with van der Waals surface area (Å²) in [4.78, 5) is 0. The van der Waals surface area contributed by atoms with Crippen LogP contribution >= 0.6 is 0 Å². The van der Waals surface area contributed by atoms with E-state index in [0.29, 0.717) is 0 Å². The van der Waals surface area contributed by atoms with Crippen LogP contribution in [-0.2, 0) is 11.3 Å². The van der Waals surface area contributed by atoms with E-state index in [0.717, 1.165) is 25.3 Å². The Morgan fingerprint density at radius 1 is 1.14 bits per heavy atom. The van der Waals surface area contributed by atoms with Crippen LogP contribution in [0.5, 0.6) is 5.75 Å². The summed E-state index contributed by atoms with van der Waals surface area (Å²) in [5.74, 6) is 1.01. The van der Waals surface area contributed by atoms with Crippen molar-refractivity contribution in [1.29, 1.82) is 0 Å². The van der Waals surface area contributed by atoms with Gasteiger partial charge in [-0.1, -0.05) is 12.1 Å². The van der Waals surface area contributed by atoms with Crippen molar-refractivity contribution < 1.29 is 9.47 Å². The maximum atomic E-state index is 6.08. The predicted octanol–water partition coefficient (Wildman–Crippen LogP) is 4.00. The van der Waals surface area contributed by atoms with Gasteiger partial charge in [0, 0.05) is 32.2 Å². The first-order valence-electron chi connectivity index (χ1n) is 7.73. The van der Waals surface area contributed by atoms with E-state index < -0.39 is 0 Å². The molecule has 0 aliphatic heterocycles. The zero-order chi connectivity index (χ0) is 16.0. The molecule has 0 saturated heterocycles. The van der Waals surface area contributed by atoms with Gasteiger partial charge < -0.3 is 14.8 Å². The highest BCUT2D eigenvalue weighted by Crippen LogP contribution is 2.26. The molecule has 1 aromatic carbocycles. The van der Waals surface area contributed by atoms with E-state index >= 15 is 0 Å². The fourth-order valence-electron chi connectivity index (χ4n) is 2.24. The summed E-state index contributed by atoms with van der Waals surface area (Å²) >= 11 is 0. The van der Waals surface area contributed by atoms with E-state index in [1.807, 2.05) is 0 Å². The molecule has 0 fully saturated rings. The molecule has 120 valence electrons. The molecular formula is C18H31NO2. The number of aryl methyl sites for hydroxylation is 2. The first-order chi connectivity index (χ1) is 9.73. The Balaban J connectivity index is 2.75. The molecule has 0 aromatic heterocycles. The van der Waals surface area contributed by atoms with Crippen molar-refractivity contribution in [3.63, 3.8) is 0 Å². The maximum absolute atomic E-state index is 6.08. The molecule has 0 spiro atoms. The fourth-order valence-corrected chi connectivity index (χ4v) is 2.24. The highest BCUT2D eigenvalue weighted by Gasteiger charge is 2.12. The van der Waals surface area contributed by atoms with E-state index in [1.165, 1.54) is 16.7 Å². The van der Waals surface area contributed by atoms with Gasteiger partial charge in [0.25, 0.3) is 0 Å². The Hall–Kier alpha value is -1.06. The summed E-state index contributed by atoms with van der Waals surface area (Å²) in [5.41, 5.74) is 3.83. The van der Waals surface area contributed by atoms with Gasteiger partial charge in [-0.05, 0) is 58.2 Å². The largest absolute Gasteiger partial charge is 0.490 e. The standard InChI is InChI=1S/C18H31NO2/c1-13-10-16(12-19-18(4,5)6)11-14(2)17(13)21-15(3)8-9-20-7/h10-11,15,19H,8-9,12H2,1-7H3. The molecule has 21 heavy (non-hydrogen) atoms. The molecule has 0 bridgehead atoms. The van der Waals surface area contributed by atoms with Crippen LogP contribution < -0.4 is 10.1 Å². The molecule has 1 atom stereocenters. The quantitative estimate of drug-likeness (QED) is 0.824. The van der Waals surface area contributed by atoms with Gasteiger partial charge in [-0.3, -0.25) is 0 Å². The maximum Gasteiger partial charge on any atom is 0.125 e. The normalized spacial score (nSPS) is 13.3. The Labute approximate surface area is 130 Å². The monoisotopic (exact) mass is 293 g/mol. The van der Waals surface area contributed by atoms with Crippen LogP contribution in [0.15, 0.2) is 12.1 Å². The molecule has 1 aromatic rings. The van der Waals surface area contributed by atoms with Gasteiger partial charge in [0.15, 0.2) is 0 Å². The smallest absolute Gasteiger partial charge is 0.125 e. The predicted molar refractivity (Wildman–Crippen MR) is 89.1 cm³/mol. The van der Waals surface area contributed by atoms with E-state index in [2.05, 4.69) is 59.0 Å². The summed E-state index contributed by atoms with van der Waals surface area (Å²) in [6, 6.07) is 4.42. The van der Waals surface area contributed by atoms with Crippen LogP contribution in [-0.4, -0.2) is 25.4 Å². The number of benzene rings is 1. The molecule has 0 radical (unpaired) electrons. The average molecular weight is 293 g/mol. The molecule has 0 aliphatic rings. The van der Waals surface area contributed by atoms with Crippen molar-refractivity contribution in [1.82, 2.24) is 5.32 Å². The fraction of sp³-hybridized carbons (Fsp3) is 0.667. The summed E-state index contributed by atoms with van der Waals surface area (Å²) in [5, 5.41) is 3.52. The zero-order valence-electron chi connectivity index (χ0n) is 14.7. The first-order valence-corrected chi connectivity index (χ1v) is 7.73. The molecule has 1 rings (SSSR count). The SMILES string of the molecule is COCCC(C)Oc1c(C)cc(CNC(C)(C)C)cc1C. The summed E-state index contributed by atoms with van der Waals surface area (Å²) < 4.78 is 11.2. The van der Waals surface area contributed by atoms with Gasteiger partial charge in [0.05, 0.1) is 6.10 Å². The molecule has 0 amide bonds. The Bertz CT molecular complexity index is 426. The van der Waals surface area contributed by atoms with E-state index in [1.54, 1.807) is 7.11 Å². The Morgan fingerprint density at radius 3 is 2.19 bits per heavy atom. The lowest BCUT2D eigenvalue weighted by Gasteiger charge is -2.22. The van der Waals surface area contributed by atoms with Gasteiger partial charge in [-0.15, -0.1) is 0 Å². The van der Waals surface area contributed by atoms with Crippen molar-refractivity contribution >= 4 is 0 Å². The third-order valence-electron chi connectivity index (χ3n) is 3.39. The lowest BCUT2D eigenvalue weighted by molar-refractivity contribution is 0.134. The second-order valence-corrected chi connectivity index (χ2v) is 6.87. The average Bonchev–Trinajstić information content (AvgIpc) is 2.37. The van der Waals surface area contributed by atoms with Crippen molar-refractivity contribution in [2.75, 3.05) is 13.7 Å². The molecule has 3 heteroatoms. The summed E-state index contributed by atoms with van der Waals surface area (Å²) in [6.07, 6.45) is 1.07. The van der Waals surface area contributed by atoms with Crippen LogP contribution in [0.25, 0.3) is 0 Å². The molecule has 0 heterocycles. The van der Waals surface area contributed by atoms with Crippen LogP contribution in [0.1, 0.15) is 50.8 Å². The van der Waals surface area contributed by atoms with Crippen molar-refractivity contribution in [3.8, 4) is 5.75 Å². The van der Waals surface area contributed by atoms with Crippen LogP contribution in [0.3, 0.4) is 0 Å². The van der Waals surface area contributed by atoms with Crippen LogP contribution in [0, 0.1) is 13.8 Å². The van der Waals surface area contributed by atoms with Crippen molar-refractivity contribution in [2.45, 2.75) is 66.2 Å². The molecule has 1 N–H and O–H groups in total. The molecular weight excluding hydrogens is 262 g/mol. The Morgan fingerprint density at radius 2 is 1.71 bits per heavy atom. The van der Waals surface area contributed by atoms with Gasteiger partial charge in [-0.25, -0.2) is 0 Å². The number of hydrogen-bond acceptors (Lipinski definition) is 3. The van der Waals surface area contributed by atoms with E-state index in [-0.39, 0.29) is 11.6 Å². The van der Waals surface area contributed by atoms with Crippen LogP contribution in [0.2, 0.25) is 0 Å². The lowest BCUT2D eigenvalue weighted by atomic mass is 10.0. The minimum atomic E-state index is 0.131. The van der Waals surface area contributed by atoms with Gasteiger partial charge >= 0.3 is 0 Å². The lowest BCUT2D eigenvalue weighted by Crippen LogP contribution is -2.35.